The Morgan fingerprint density at radius 1 is 1.44 bits per heavy atom. The molecule has 0 spiro atoms. The molecule has 0 amide bonds. The first-order valence-electron chi connectivity index (χ1n) is 4.88. The van der Waals surface area contributed by atoms with Gasteiger partial charge in [-0.3, -0.25) is 0 Å². The van der Waals surface area contributed by atoms with Crippen molar-refractivity contribution in [2.75, 3.05) is 5.32 Å². The highest BCUT2D eigenvalue weighted by Crippen LogP contribution is 2.18. The van der Waals surface area contributed by atoms with Crippen LogP contribution in [0.3, 0.4) is 0 Å². The number of benzene rings is 1. The third-order valence-corrected chi connectivity index (χ3v) is 2.19. The Morgan fingerprint density at radius 2 is 2.25 bits per heavy atom. The van der Waals surface area contributed by atoms with E-state index in [1.165, 1.54) is 10.9 Å². The molecule has 0 aliphatic heterocycles. The maximum absolute atomic E-state index is 13.4. The minimum atomic E-state index is -0.274. The van der Waals surface area contributed by atoms with Crippen LogP contribution in [0.25, 0.3) is 0 Å². The number of aromatic nitrogens is 4. The molecule has 1 N–H and O–H groups in total. The van der Waals surface area contributed by atoms with Crippen molar-refractivity contribution in [1.82, 2.24) is 20.2 Å². The lowest BCUT2D eigenvalue weighted by Gasteiger charge is -2.08. The quantitative estimate of drug-likeness (QED) is 0.848. The number of para-hydroxylation sites is 1. The summed E-state index contributed by atoms with van der Waals surface area (Å²) in [5, 5.41) is 14.5. The van der Waals surface area contributed by atoms with Crippen molar-refractivity contribution >= 4 is 5.69 Å². The van der Waals surface area contributed by atoms with Gasteiger partial charge in [-0.15, -0.1) is 10.2 Å². The molecular weight excluding hydrogens is 209 g/mol. The molecule has 1 aromatic heterocycles. The Labute approximate surface area is 92.3 Å². The predicted octanol–water partition coefficient (Wildman–Crippen LogP) is 1.27. The topological polar surface area (TPSA) is 55.6 Å². The van der Waals surface area contributed by atoms with Crippen molar-refractivity contribution in [2.24, 2.45) is 7.05 Å². The van der Waals surface area contributed by atoms with Crippen LogP contribution in [0.15, 0.2) is 18.2 Å². The van der Waals surface area contributed by atoms with Crippen LogP contribution in [0.4, 0.5) is 10.1 Å². The number of hydrogen-bond donors (Lipinski definition) is 1. The SMILES string of the molecule is Cc1cccc(F)c1NCc1nnn(C)n1. The largest absolute Gasteiger partial charge is 0.375 e. The fraction of sp³-hybridized carbons (Fsp3) is 0.300. The second-order valence-electron chi connectivity index (χ2n) is 3.48. The molecule has 0 atom stereocenters. The number of halogens is 1. The van der Waals surface area contributed by atoms with Gasteiger partial charge in [0.25, 0.3) is 0 Å². The van der Waals surface area contributed by atoms with Gasteiger partial charge in [0.15, 0.2) is 5.82 Å². The molecule has 0 saturated heterocycles. The molecule has 0 unspecified atom stereocenters. The first-order chi connectivity index (χ1) is 7.66. The minimum absolute atomic E-state index is 0.274. The van der Waals surface area contributed by atoms with Crippen LogP contribution in [0.1, 0.15) is 11.4 Å². The van der Waals surface area contributed by atoms with E-state index in [9.17, 15) is 4.39 Å². The van der Waals surface area contributed by atoms with Gasteiger partial charge in [0.1, 0.15) is 5.82 Å². The molecule has 0 fully saturated rings. The molecule has 0 aliphatic rings. The number of tetrazole rings is 1. The van der Waals surface area contributed by atoms with Gasteiger partial charge >= 0.3 is 0 Å². The molecule has 1 aromatic carbocycles. The molecule has 16 heavy (non-hydrogen) atoms. The third-order valence-electron chi connectivity index (χ3n) is 2.19. The number of aryl methyl sites for hydroxylation is 2. The van der Waals surface area contributed by atoms with Gasteiger partial charge in [-0.2, -0.15) is 4.80 Å². The van der Waals surface area contributed by atoms with Crippen molar-refractivity contribution < 1.29 is 4.39 Å². The maximum atomic E-state index is 13.4. The fourth-order valence-corrected chi connectivity index (χ4v) is 1.42. The van der Waals surface area contributed by atoms with E-state index in [2.05, 4.69) is 20.7 Å². The van der Waals surface area contributed by atoms with Crippen molar-refractivity contribution in [2.45, 2.75) is 13.5 Å². The highest BCUT2D eigenvalue weighted by Gasteiger charge is 2.06. The van der Waals surface area contributed by atoms with E-state index in [-0.39, 0.29) is 5.82 Å². The Morgan fingerprint density at radius 3 is 2.88 bits per heavy atom. The smallest absolute Gasteiger partial charge is 0.193 e. The van der Waals surface area contributed by atoms with Crippen LogP contribution in [-0.4, -0.2) is 20.2 Å². The van der Waals surface area contributed by atoms with Gasteiger partial charge in [0.2, 0.25) is 0 Å². The summed E-state index contributed by atoms with van der Waals surface area (Å²) in [6.07, 6.45) is 0. The minimum Gasteiger partial charge on any atom is -0.375 e. The second-order valence-corrected chi connectivity index (χ2v) is 3.48. The summed E-state index contributed by atoms with van der Waals surface area (Å²) in [5.41, 5.74) is 1.33. The maximum Gasteiger partial charge on any atom is 0.193 e. The zero-order valence-corrected chi connectivity index (χ0v) is 9.11. The molecule has 6 heteroatoms. The molecule has 0 saturated carbocycles. The van der Waals surface area contributed by atoms with E-state index in [0.717, 1.165) is 5.56 Å². The zero-order valence-electron chi connectivity index (χ0n) is 9.11. The Bertz CT molecular complexity index is 473. The normalized spacial score (nSPS) is 10.4. The number of nitrogens with zero attached hydrogens (tertiary/aromatic N) is 4. The molecule has 0 bridgehead atoms. The highest BCUT2D eigenvalue weighted by molar-refractivity contribution is 5.51. The first-order valence-corrected chi connectivity index (χ1v) is 4.88. The number of rotatable bonds is 3. The molecule has 0 aliphatic carbocycles. The lowest BCUT2D eigenvalue weighted by atomic mass is 10.2. The number of hydrogen-bond acceptors (Lipinski definition) is 4. The lowest BCUT2D eigenvalue weighted by Crippen LogP contribution is -2.05. The van der Waals surface area contributed by atoms with Crippen LogP contribution >= 0.6 is 0 Å². The number of anilines is 1. The summed E-state index contributed by atoms with van der Waals surface area (Å²) in [4.78, 5) is 1.37. The summed E-state index contributed by atoms with van der Waals surface area (Å²) in [5.74, 6) is 0.258. The van der Waals surface area contributed by atoms with Crippen LogP contribution < -0.4 is 5.32 Å². The molecule has 0 radical (unpaired) electrons. The van der Waals surface area contributed by atoms with E-state index >= 15 is 0 Å². The summed E-state index contributed by atoms with van der Waals surface area (Å²) in [6.45, 7) is 2.20. The van der Waals surface area contributed by atoms with Crippen LogP contribution in [0.5, 0.6) is 0 Å². The van der Waals surface area contributed by atoms with Crippen molar-refractivity contribution in [3.05, 3.63) is 35.4 Å². The summed E-state index contributed by atoms with van der Waals surface area (Å²) in [7, 11) is 1.69. The summed E-state index contributed by atoms with van der Waals surface area (Å²) >= 11 is 0. The molecular formula is C10H12FN5. The molecule has 2 rings (SSSR count). The third kappa shape index (κ3) is 2.16. The number of nitrogens with one attached hydrogen (secondary N) is 1. The van der Waals surface area contributed by atoms with Gasteiger partial charge < -0.3 is 5.32 Å². The van der Waals surface area contributed by atoms with Crippen molar-refractivity contribution in [3.8, 4) is 0 Å². The zero-order chi connectivity index (χ0) is 11.5. The van der Waals surface area contributed by atoms with Gasteiger partial charge in [-0.05, 0) is 23.8 Å². The van der Waals surface area contributed by atoms with E-state index in [1.807, 2.05) is 13.0 Å². The molecule has 5 nitrogen and oxygen atoms in total. The van der Waals surface area contributed by atoms with Gasteiger partial charge in [-0.1, -0.05) is 12.1 Å². The fourth-order valence-electron chi connectivity index (χ4n) is 1.42. The van der Waals surface area contributed by atoms with Gasteiger partial charge in [0.05, 0.1) is 19.3 Å². The first kappa shape index (κ1) is 10.5. The monoisotopic (exact) mass is 221 g/mol. The van der Waals surface area contributed by atoms with Crippen molar-refractivity contribution in [3.63, 3.8) is 0 Å². The van der Waals surface area contributed by atoms with Crippen LogP contribution in [-0.2, 0) is 13.6 Å². The summed E-state index contributed by atoms with van der Waals surface area (Å²) in [6, 6.07) is 4.94. The molecule has 1 heterocycles. The average molecular weight is 221 g/mol. The van der Waals surface area contributed by atoms with E-state index in [0.29, 0.717) is 18.1 Å². The van der Waals surface area contributed by atoms with E-state index < -0.39 is 0 Å². The molecule has 84 valence electrons. The Kier molecular flexibility index (Phi) is 2.80. The van der Waals surface area contributed by atoms with Crippen LogP contribution in [0, 0.1) is 12.7 Å². The average Bonchev–Trinajstić information content (AvgIpc) is 2.63. The van der Waals surface area contributed by atoms with E-state index in [4.69, 9.17) is 0 Å². The summed E-state index contributed by atoms with van der Waals surface area (Å²) < 4.78 is 13.4. The Hall–Kier alpha value is -1.98. The van der Waals surface area contributed by atoms with Gasteiger partial charge in [-0.25, -0.2) is 4.39 Å². The highest BCUT2D eigenvalue weighted by atomic mass is 19.1. The van der Waals surface area contributed by atoms with Gasteiger partial charge in [0, 0.05) is 0 Å². The Balaban J connectivity index is 2.10. The van der Waals surface area contributed by atoms with Crippen LogP contribution in [0.2, 0.25) is 0 Å². The lowest BCUT2D eigenvalue weighted by molar-refractivity contribution is 0.625. The van der Waals surface area contributed by atoms with E-state index in [1.54, 1.807) is 13.1 Å². The second kappa shape index (κ2) is 4.26. The van der Waals surface area contributed by atoms with Crippen molar-refractivity contribution in [1.29, 1.82) is 0 Å². The molecule has 2 aromatic rings. The predicted molar refractivity (Wildman–Crippen MR) is 57.3 cm³/mol. The standard InChI is InChI=1S/C10H12FN5/c1-7-4-3-5-8(11)10(7)12-6-9-13-15-16(2)14-9/h3-5,12H,6H2,1-2H3.